The molecular formula is C43H55ClN3O7Si. The number of aromatic hydroxyl groups is 1. The van der Waals surface area contributed by atoms with Gasteiger partial charge < -0.3 is 38.9 Å². The molecule has 7 rings (SSSR count). The number of hydrogen-bond acceptors (Lipinski definition) is 9. The predicted molar refractivity (Wildman–Crippen MR) is 219 cm³/mol. The van der Waals surface area contributed by atoms with E-state index in [1.54, 1.807) is 31.4 Å². The molecule has 55 heavy (non-hydrogen) atoms. The van der Waals surface area contributed by atoms with Crippen LogP contribution >= 0.6 is 11.6 Å². The molecule has 0 aliphatic carbocycles. The van der Waals surface area contributed by atoms with Gasteiger partial charge >= 0.3 is 5.97 Å². The largest absolute Gasteiger partial charge is 0.506 e. The van der Waals surface area contributed by atoms with E-state index in [2.05, 4.69) is 67.3 Å². The van der Waals surface area contributed by atoms with E-state index in [1.165, 1.54) is 43.1 Å². The molecule has 2 atom stereocenters. The number of H-pyrrole nitrogens is 1. The average molecular weight is 789 g/mol. The number of carbonyl (C=O) groups is 1. The van der Waals surface area contributed by atoms with Crippen LogP contribution in [0.25, 0.3) is 10.9 Å². The highest BCUT2D eigenvalue weighted by atomic mass is 35.5. The van der Waals surface area contributed by atoms with E-state index >= 15 is 0 Å². The van der Waals surface area contributed by atoms with Crippen molar-refractivity contribution in [3.63, 3.8) is 0 Å². The van der Waals surface area contributed by atoms with Gasteiger partial charge in [0.05, 0.1) is 30.4 Å². The number of aryl methyl sites for hydroxylation is 1. The highest BCUT2D eigenvalue weighted by Gasteiger charge is 2.40. The highest BCUT2D eigenvalue weighted by Crippen LogP contribution is 2.42. The summed E-state index contributed by atoms with van der Waals surface area (Å²) in [6.07, 6.45) is 3.71. The lowest BCUT2D eigenvalue weighted by Gasteiger charge is -2.45. The van der Waals surface area contributed by atoms with Gasteiger partial charge in [-0.15, -0.1) is 0 Å². The Morgan fingerprint density at radius 2 is 1.89 bits per heavy atom. The zero-order valence-electron chi connectivity index (χ0n) is 32.9. The lowest BCUT2D eigenvalue weighted by molar-refractivity contribution is -0.146. The van der Waals surface area contributed by atoms with Crippen LogP contribution in [0.1, 0.15) is 74.3 Å². The summed E-state index contributed by atoms with van der Waals surface area (Å²) in [4.78, 5) is 30.1. The smallest absolute Gasteiger partial charge is 0.344 e. The molecule has 3 N–H and O–H groups in total. The molecule has 3 aromatic carbocycles. The van der Waals surface area contributed by atoms with Crippen LogP contribution in [-0.4, -0.2) is 75.8 Å². The number of aromatic amines is 1. The SMILES string of the molecule is COc1cc(OCC(=O)OCCCc2c[c]ccc2[C@@H]2CN3CCC2CC3)c(Cl)cc1CNC[C@@H](O[Si](C)(C)C(C)(C)C)c1ccc(O)c2[nH]c(=O)ccc12. The minimum absolute atomic E-state index is 0.000495. The number of pyridine rings is 1. The highest BCUT2D eigenvalue weighted by molar-refractivity contribution is 6.74. The maximum atomic E-state index is 12.7. The Morgan fingerprint density at radius 3 is 2.60 bits per heavy atom. The van der Waals surface area contributed by atoms with Crippen molar-refractivity contribution in [2.24, 2.45) is 5.92 Å². The fourth-order valence-electron chi connectivity index (χ4n) is 7.64. The molecule has 10 nitrogen and oxygen atoms in total. The van der Waals surface area contributed by atoms with E-state index in [0.29, 0.717) is 47.7 Å². The lowest BCUT2D eigenvalue weighted by Crippen LogP contribution is -2.46. The third kappa shape index (κ3) is 9.75. The zero-order chi connectivity index (χ0) is 39.3. The van der Waals surface area contributed by atoms with Crippen molar-refractivity contribution < 1.29 is 28.5 Å². The van der Waals surface area contributed by atoms with Gasteiger partial charge in [0.15, 0.2) is 14.9 Å². The van der Waals surface area contributed by atoms with Gasteiger partial charge in [0.2, 0.25) is 5.56 Å². The third-order valence-corrected chi connectivity index (χ3v) is 16.5. The predicted octanol–water partition coefficient (Wildman–Crippen LogP) is 7.91. The maximum absolute atomic E-state index is 12.7. The molecule has 0 amide bonds. The van der Waals surface area contributed by atoms with Crippen LogP contribution < -0.4 is 20.3 Å². The number of carbonyl (C=O) groups excluding carboxylic acids is 1. The summed E-state index contributed by atoms with van der Waals surface area (Å²) in [6, 6.07) is 19.6. The zero-order valence-corrected chi connectivity index (χ0v) is 34.7. The van der Waals surface area contributed by atoms with Crippen molar-refractivity contribution in [3.05, 3.63) is 98.3 Å². The van der Waals surface area contributed by atoms with Gasteiger partial charge in [0.25, 0.3) is 0 Å². The molecule has 12 heteroatoms. The van der Waals surface area contributed by atoms with Gasteiger partial charge in [0.1, 0.15) is 17.2 Å². The van der Waals surface area contributed by atoms with Gasteiger partial charge in [-0.1, -0.05) is 56.6 Å². The van der Waals surface area contributed by atoms with Gasteiger partial charge in [-0.05, 0) is 110 Å². The van der Waals surface area contributed by atoms with Crippen LogP contribution in [0.15, 0.2) is 59.4 Å². The number of piperidine rings is 3. The summed E-state index contributed by atoms with van der Waals surface area (Å²) in [6.45, 7) is 15.4. The fraction of sp³-hybridized carbons (Fsp3) is 0.488. The fourth-order valence-corrected chi connectivity index (χ4v) is 9.16. The molecule has 3 saturated heterocycles. The summed E-state index contributed by atoms with van der Waals surface area (Å²) >= 11 is 6.67. The summed E-state index contributed by atoms with van der Waals surface area (Å²) in [5, 5.41) is 15.0. The molecule has 0 spiro atoms. The standard InChI is InChI=1S/C43H55ClN3O7Si/c1-43(2,3)55(5,6)54-39(32-13-15-36(48)42-33(32)14-16-40(49)46-42)25-45-24-30-22-35(44)38(23-37(30)51-4)53-27-41(50)52-21-9-11-28-10-7-8-12-31(28)34-26-47-19-17-29(34)18-20-47/h8,10,12-16,22-23,29,34,39,45,48H,9,11,17-21,24-27H2,1-6H3,(H,46,49)/t34-,39-/m1/s1. The Balaban J connectivity index is 1.04. The minimum Gasteiger partial charge on any atom is -0.506 e. The number of benzene rings is 3. The number of halogens is 1. The van der Waals surface area contributed by atoms with E-state index < -0.39 is 14.3 Å². The summed E-state index contributed by atoms with van der Waals surface area (Å²) in [5.74, 6) is 1.74. The number of phenols is 1. The van der Waals surface area contributed by atoms with Crippen LogP contribution in [0.4, 0.5) is 0 Å². The van der Waals surface area contributed by atoms with E-state index in [1.807, 2.05) is 12.1 Å². The molecule has 1 aromatic heterocycles. The van der Waals surface area contributed by atoms with Crippen LogP contribution in [-0.2, 0) is 26.9 Å². The van der Waals surface area contributed by atoms with Crippen LogP contribution in [0, 0.1) is 12.0 Å². The molecule has 0 unspecified atom stereocenters. The number of aromatic nitrogens is 1. The van der Waals surface area contributed by atoms with E-state index in [9.17, 15) is 14.7 Å². The molecular weight excluding hydrogens is 734 g/mol. The van der Waals surface area contributed by atoms with Crippen molar-refractivity contribution in [3.8, 4) is 17.2 Å². The summed E-state index contributed by atoms with van der Waals surface area (Å²) in [5.41, 5.74) is 4.46. The van der Waals surface area contributed by atoms with Gasteiger partial charge in [-0.25, -0.2) is 4.79 Å². The topological polar surface area (TPSA) is 122 Å². The van der Waals surface area contributed by atoms with Crippen molar-refractivity contribution in [2.75, 3.05) is 46.5 Å². The van der Waals surface area contributed by atoms with E-state index in [0.717, 1.165) is 41.8 Å². The summed E-state index contributed by atoms with van der Waals surface area (Å²) < 4.78 is 24.0. The number of nitrogens with zero attached hydrogens (tertiary/aromatic N) is 1. The Labute approximate surface area is 330 Å². The lowest BCUT2D eigenvalue weighted by atomic mass is 9.74. The number of methoxy groups -OCH3 is 1. The maximum Gasteiger partial charge on any atom is 0.344 e. The molecule has 3 aliphatic rings. The van der Waals surface area contributed by atoms with Crippen LogP contribution in [0.2, 0.25) is 23.2 Å². The number of hydrogen-bond donors (Lipinski definition) is 3. The van der Waals surface area contributed by atoms with Crippen LogP contribution in [0.3, 0.4) is 0 Å². The molecule has 4 heterocycles. The van der Waals surface area contributed by atoms with Gasteiger partial charge in [0, 0.05) is 42.7 Å². The molecule has 2 bridgehead atoms. The number of fused-ring (bicyclic) bond motifs is 4. The molecule has 3 fully saturated rings. The molecule has 295 valence electrons. The monoisotopic (exact) mass is 788 g/mol. The van der Waals surface area contributed by atoms with Crippen molar-refractivity contribution in [2.45, 2.75) is 83.2 Å². The Hall–Kier alpha value is -3.87. The molecule has 0 saturated carbocycles. The number of phenolic OH excluding ortho intramolecular Hbond substituents is 1. The Morgan fingerprint density at radius 1 is 1.11 bits per heavy atom. The van der Waals surface area contributed by atoms with E-state index in [4.69, 9.17) is 30.2 Å². The Kier molecular flexibility index (Phi) is 13.0. The van der Waals surface area contributed by atoms with Crippen molar-refractivity contribution in [1.29, 1.82) is 0 Å². The first-order chi connectivity index (χ1) is 26.2. The number of ether oxygens (including phenoxy) is 3. The number of rotatable bonds is 16. The number of nitrogens with one attached hydrogen (secondary N) is 2. The second kappa shape index (κ2) is 17.5. The van der Waals surface area contributed by atoms with Gasteiger partial charge in [-0.2, -0.15) is 0 Å². The van der Waals surface area contributed by atoms with Crippen LogP contribution in [0.5, 0.6) is 17.2 Å². The molecule has 3 aliphatic heterocycles. The molecule has 1 radical (unpaired) electrons. The normalized spacial score (nSPS) is 19.0. The second-order valence-corrected chi connectivity index (χ2v) is 21.5. The van der Waals surface area contributed by atoms with Crippen molar-refractivity contribution >= 4 is 36.8 Å². The molecule has 4 aromatic rings. The Bertz CT molecular complexity index is 2020. The van der Waals surface area contributed by atoms with Gasteiger partial charge in [-0.3, -0.25) is 4.79 Å². The minimum atomic E-state index is -2.26. The number of esters is 1. The van der Waals surface area contributed by atoms with E-state index in [-0.39, 0.29) is 29.1 Å². The van der Waals surface area contributed by atoms with Crippen molar-refractivity contribution in [1.82, 2.24) is 15.2 Å². The first-order valence-corrected chi connectivity index (χ1v) is 22.6. The first kappa shape index (κ1) is 40.8. The third-order valence-electron chi connectivity index (χ3n) is 11.7. The quantitative estimate of drug-likeness (QED) is 0.0591. The first-order valence-electron chi connectivity index (χ1n) is 19.3. The average Bonchev–Trinajstić information content (AvgIpc) is 3.16. The second-order valence-electron chi connectivity index (χ2n) is 16.4. The summed E-state index contributed by atoms with van der Waals surface area (Å²) in [7, 11) is -0.687.